The Bertz CT molecular complexity index is 21.5. The van der Waals surface area contributed by atoms with Gasteiger partial charge in [0.15, 0.2) is 0 Å². The third-order valence-corrected chi connectivity index (χ3v) is 0.816. The van der Waals surface area contributed by atoms with Crippen LogP contribution in [0.2, 0.25) is 5.82 Å². The molecule has 0 aromatic heterocycles. The first-order chi connectivity index (χ1) is 2.27. The molecular weight excluding hydrogens is 81.8 g/mol. The average Bonchev–Trinajstić information content (AvgIpc) is 1.38. The Hall–Kier alpha value is 1.06. The fourth-order valence-electron chi connectivity index (χ4n) is 0. The van der Waals surface area contributed by atoms with Crippen LogP contribution < -0.4 is 0 Å². The van der Waals surface area contributed by atoms with Crippen LogP contribution in [-0.2, 0) is 0 Å². The van der Waals surface area contributed by atoms with Crippen LogP contribution in [0.3, 0.4) is 0 Å². The van der Waals surface area contributed by atoms with E-state index in [1.54, 1.807) is 0 Å². The maximum atomic E-state index is 2.22. The third-order valence-electron chi connectivity index (χ3n) is 0.816. The molecule has 0 heterocycles. The monoisotopic (exact) mass is 94.1 g/mol. The molecule has 0 bridgehead atoms. The van der Waals surface area contributed by atoms with Gasteiger partial charge >= 0.3 is 29.6 Å². The van der Waals surface area contributed by atoms with Gasteiger partial charge in [-0.25, -0.2) is 0 Å². The van der Waals surface area contributed by atoms with E-state index >= 15 is 0 Å². The maximum absolute atomic E-state index is 2.22. The Morgan fingerprint density at radius 2 is 1.83 bits per heavy atom. The summed E-state index contributed by atoms with van der Waals surface area (Å²) in [6.07, 6.45) is 1.31. The van der Waals surface area contributed by atoms with E-state index in [1.807, 2.05) is 0 Å². The molecule has 0 amide bonds. The zero-order chi connectivity index (χ0) is 4.28. The van der Waals surface area contributed by atoms with E-state index in [0.717, 1.165) is 5.82 Å². The summed E-state index contributed by atoms with van der Waals surface area (Å²) in [6, 6.07) is 0. The number of hydrogen-bond donors (Lipinski definition) is 0. The molecule has 1 atom stereocenters. The molecule has 32 valence electrons. The molecule has 0 N–H and O–H groups in total. The van der Waals surface area contributed by atoms with Crippen LogP contribution in [-0.4, -0.2) is 37.4 Å². The van der Waals surface area contributed by atoms with Crippen molar-refractivity contribution in [2.45, 2.75) is 26.1 Å². The van der Waals surface area contributed by atoms with Crippen molar-refractivity contribution in [1.82, 2.24) is 0 Å². The Morgan fingerprint density at radius 3 is 1.83 bits per heavy atom. The van der Waals surface area contributed by atoms with Crippen LogP contribution >= 0.6 is 0 Å². The van der Waals surface area contributed by atoms with Crippen molar-refractivity contribution in [2.24, 2.45) is 0 Å². The molecule has 0 saturated carbocycles. The predicted octanol–water partition coefficient (Wildman–Crippen LogP) is 0.189. The molecule has 2 heteroatoms. The topological polar surface area (TPSA) is 0 Å². The zero-order valence-electron chi connectivity index (χ0n) is 4.28. The van der Waals surface area contributed by atoms with Gasteiger partial charge in [0.1, 0.15) is 7.85 Å². The summed E-state index contributed by atoms with van der Waals surface area (Å²) in [4.78, 5) is 0. The average molecular weight is 93.9 g/mol. The van der Waals surface area contributed by atoms with Crippen LogP contribution in [0.1, 0.15) is 20.3 Å². The minimum atomic E-state index is 0. The molecule has 0 spiro atoms. The van der Waals surface area contributed by atoms with Crippen molar-refractivity contribution in [3.05, 3.63) is 0 Å². The second kappa shape index (κ2) is 6.06. The summed E-state index contributed by atoms with van der Waals surface area (Å²) in [5.74, 6) is 0.884. The van der Waals surface area contributed by atoms with Crippen molar-refractivity contribution in [3.63, 3.8) is 0 Å². The predicted molar refractivity (Wildman–Crippen MR) is 35.4 cm³/mol. The van der Waals surface area contributed by atoms with Gasteiger partial charge in [-0.15, -0.1) is 0 Å². The molecule has 0 nitrogen and oxygen atoms in total. The van der Waals surface area contributed by atoms with Gasteiger partial charge < -0.3 is 0 Å². The first kappa shape index (κ1) is 10.1. The van der Waals surface area contributed by atoms with Gasteiger partial charge in [0.25, 0.3) is 0 Å². The van der Waals surface area contributed by atoms with E-state index in [4.69, 9.17) is 0 Å². The Labute approximate surface area is 63.4 Å². The van der Waals surface area contributed by atoms with E-state index in [1.165, 1.54) is 6.42 Å². The fourth-order valence-corrected chi connectivity index (χ4v) is 0. The fraction of sp³-hybridized carbons (Fsp3) is 1.00. The molecule has 0 radical (unpaired) electrons. The Kier molecular flexibility index (Phi) is 10.2. The van der Waals surface area contributed by atoms with Gasteiger partial charge in [-0.3, -0.25) is 0 Å². The van der Waals surface area contributed by atoms with Crippen LogP contribution in [0.5, 0.6) is 0 Å². The Morgan fingerprint density at radius 1 is 1.67 bits per heavy atom. The molecule has 0 aliphatic heterocycles. The van der Waals surface area contributed by atoms with Crippen LogP contribution in [0.4, 0.5) is 0 Å². The van der Waals surface area contributed by atoms with Gasteiger partial charge in [0.05, 0.1) is 0 Å². The second-order valence-electron chi connectivity index (χ2n) is 1.80. The first-order valence-corrected chi connectivity index (χ1v) is 2.27. The molecule has 0 aliphatic carbocycles. The van der Waals surface area contributed by atoms with Crippen molar-refractivity contribution >= 4 is 37.4 Å². The van der Waals surface area contributed by atoms with Crippen LogP contribution in [0.25, 0.3) is 0 Å². The summed E-state index contributed by atoms with van der Waals surface area (Å²) in [7, 11) is 2.22. The molecular formula is C4H12BNa. The van der Waals surface area contributed by atoms with Crippen molar-refractivity contribution in [1.29, 1.82) is 0 Å². The molecule has 0 rings (SSSR count). The van der Waals surface area contributed by atoms with Gasteiger partial charge in [0, 0.05) is 0 Å². The minimum absolute atomic E-state index is 0. The normalized spacial score (nSPS) is 12.3. The SMILES string of the molecule is BC(C)CC.[NaH]. The summed E-state index contributed by atoms with van der Waals surface area (Å²) in [5, 5.41) is 0. The van der Waals surface area contributed by atoms with Gasteiger partial charge in [-0.1, -0.05) is 26.1 Å². The van der Waals surface area contributed by atoms with Crippen molar-refractivity contribution in [2.75, 3.05) is 0 Å². The molecule has 1 unspecified atom stereocenters. The van der Waals surface area contributed by atoms with E-state index in [2.05, 4.69) is 21.7 Å². The van der Waals surface area contributed by atoms with E-state index in [0.29, 0.717) is 0 Å². The molecule has 0 fully saturated rings. The molecule has 0 aliphatic rings. The van der Waals surface area contributed by atoms with E-state index < -0.39 is 0 Å². The molecule has 0 aromatic rings. The standard InChI is InChI=1S/C4H11B.Na.H/c1-3-4(2)5;;/h4H,3,5H2,1-2H3;;. The zero-order valence-corrected chi connectivity index (χ0v) is 4.28. The summed E-state index contributed by atoms with van der Waals surface area (Å²) in [6.45, 7) is 4.42. The second-order valence-corrected chi connectivity index (χ2v) is 1.80. The summed E-state index contributed by atoms with van der Waals surface area (Å²) >= 11 is 0. The third kappa shape index (κ3) is 8.91. The number of hydrogen-bond acceptors (Lipinski definition) is 0. The molecule has 6 heavy (non-hydrogen) atoms. The number of rotatable bonds is 1. The summed E-state index contributed by atoms with van der Waals surface area (Å²) < 4.78 is 0. The van der Waals surface area contributed by atoms with Crippen LogP contribution in [0.15, 0.2) is 0 Å². The van der Waals surface area contributed by atoms with Crippen molar-refractivity contribution in [3.8, 4) is 0 Å². The summed E-state index contributed by atoms with van der Waals surface area (Å²) in [5.41, 5.74) is 0. The van der Waals surface area contributed by atoms with E-state index in [-0.39, 0.29) is 29.6 Å². The molecule has 0 saturated heterocycles. The van der Waals surface area contributed by atoms with Gasteiger partial charge in [-0.05, 0) is 0 Å². The quantitative estimate of drug-likeness (QED) is 0.407. The van der Waals surface area contributed by atoms with Gasteiger partial charge in [-0.2, -0.15) is 0 Å². The first-order valence-electron chi connectivity index (χ1n) is 2.27. The van der Waals surface area contributed by atoms with Crippen molar-refractivity contribution < 1.29 is 0 Å². The Balaban J connectivity index is 0. The van der Waals surface area contributed by atoms with Gasteiger partial charge in [0.2, 0.25) is 0 Å². The van der Waals surface area contributed by atoms with E-state index in [9.17, 15) is 0 Å². The van der Waals surface area contributed by atoms with Crippen LogP contribution in [0, 0.1) is 0 Å². The molecule has 0 aromatic carbocycles.